The Morgan fingerprint density at radius 2 is 0.889 bits per heavy atom. The molecule has 0 unspecified atom stereocenters. The van der Waals surface area contributed by atoms with Gasteiger partial charge in [-0.2, -0.15) is 0 Å². The Balaban J connectivity index is -0.0000000731. The van der Waals surface area contributed by atoms with Crippen molar-refractivity contribution in [2.45, 2.75) is 26.7 Å². The van der Waals surface area contributed by atoms with Crippen LogP contribution in [-0.2, 0) is 9.13 Å². The van der Waals surface area contributed by atoms with Gasteiger partial charge in [0.05, 0.1) is 13.1 Å². The first kappa shape index (κ1) is 26.7. The molecular formula is C6H24N2O8P2. The van der Waals surface area contributed by atoms with Crippen molar-refractivity contribution in [2.75, 3.05) is 13.1 Å². The lowest BCUT2D eigenvalue weighted by molar-refractivity contribution is -0.367. The van der Waals surface area contributed by atoms with Crippen molar-refractivity contribution in [3.63, 3.8) is 0 Å². The van der Waals surface area contributed by atoms with Crippen LogP contribution >= 0.6 is 15.6 Å². The Morgan fingerprint density at radius 1 is 0.833 bits per heavy atom. The van der Waals surface area contributed by atoms with Gasteiger partial charge in [-0.15, -0.1) is 0 Å². The lowest BCUT2D eigenvalue weighted by atomic mass is 10.5. The molecule has 10 N–H and O–H groups in total. The number of hydrogen-bond donors (Lipinski definition) is 6. The van der Waals surface area contributed by atoms with Gasteiger partial charge in [0, 0.05) is 0 Å². The van der Waals surface area contributed by atoms with Gasteiger partial charge in [0.25, 0.3) is 15.6 Å². The number of phosphoric acid groups is 2. The molecule has 12 heteroatoms. The molecular weight excluding hydrogens is 290 g/mol. The molecule has 10 nitrogen and oxygen atoms in total. The molecule has 0 aliphatic carbocycles. The highest BCUT2D eigenvalue weighted by Gasteiger charge is 1.82. The predicted molar refractivity (Wildman–Crippen MR) is 60.2 cm³/mol. The van der Waals surface area contributed by atoms with E-state index in [4.69, 9.17) is 38.5 Å². The van der Waals surface area contributed by atoms with Crippen LogP contribution in [0.2, 0.25) is 0 Å². The van der Waals surface area contributed by atoms with E-state index in [1.54, 1.807) is 0 Å². The third-order valence-electron chi connectivity index (χ3n) is 0.707. The van der Waals surface area contributed by atoms with Crippen LogP contribution < -0.4 is 21.3 Å². The van der Waals surface area contributed by atoms with E-state index in [9.17, 15) is 0 Å². The minimum absolute atomic E-state index is 1.07. The van der Waals surface area contributed by atoms with Gasteiger partial charge in [-0.3, -0.25) is 9.13 Å². The van der Waals surface area contributed by atoms with E-state index in [1.807, 2.05) is 0 Å². The minimum atomic E-state index is -4.89. The Labute approximate surface area is 106 Å². The maximum atomic E-state index is 8.77. The summed E-state index contributed by atoms with van der Waals surface area (Å²) in [6.07, 6.45) is 2.42. The first-order chi connectivity index (χ1) is 7.83. The molecule has 0 radical (unpaired) electrons. The monoisotopic (exact) mass is 314 g/mol. The number of quaternary nitrogens is 2. The molecule has 0 aromatic heterocycles. The average Bonchev–Trinajstić information content (AvgIpc) is 2.12. The summed E-state index contributed by atoms with van der Waals surface area (Å²) in [5.74, 6) is 0. The summed E-state index contributed by atoms with van der Waals surface area (Å²) in [7, 11) is -9.78. The van der Waals surface area contributed by atoms with E-state index in [0.29, 0.717) is 0 Å². The van der Waals surface area contributed by atoms with Crippen LogP contribution in [0, 0.1) is 0 Å². The quantitative estimate of drug-likeness (QED) is 0.276. The van der Waals surface area contributed by atoms with E-state index >= 15 is 0 Å². The molecule has 0 aromatic carbocycles. The first-order valence-electron chi connectivity index (χ1n) is 4.94. The lowest BCUT2D eigenvalue weighted by Crippen LogP contribution is -2.49. The summed E-state index contributed by atoms with van der Waals surface area (Å²) in [4.78, 5) is 45.8. The van der Waals surface area contributed by atoms with E-state index in [0.717, 1.165) is 13.1 Å². The number of hydrogen-bond acceptors (Lipinski definition) is 4. The summed E-state index contributed by atoms with van der Waals surface area (Å²) in [5, 5.41) is 0. The Kier molecular flexibility index (Phi) is 25.4. The van der Waals surface area contributed by atoms with Crippen molar-refractivity contribution in [3.05, 3.63) is 0 Å². The van der Waals surface area contributed by atoms with Gasteiger partial charge in [0.15, 0.2) is 0 Å². The molecule has 0 amide bonds. The number of rotatable bonds is 2. The summed E-state index contributed by atoms with van der Waals surface area (Å²) in [6.45, 7) is 6.38. The van der Waals surface area contributed by atoms with Gasteiger partial charge >= 0.3 is 0 Å². The molecule has 116 valence electrons. The molecule has 0 aliphatic rings. The zero-order valence-corrected chi connectivity index (χ0v) is 12.3. The molecule has 0 atom stereocenters. The molecule has 0 saturated heterocycles. The molecule has 0 fully saturated rings. The third-order valence-corrected chi connectivity index (χ3v) is 0.707. The third kappa shape index (κ3) is 808. The fourth-order valence-electron chi connectivity index (χ4n) is 0. The van der Waals surface area contributed by atoms with Crippen molar-refractivity contribution in [2.24, 2.45) is 0 Å². The van der Waals surface area contributed by atoms with E-state index in [-0.39, 0.29) is 0 Å². The van der Waals surface area contributed by atoms with Crippen molar-refractivity contribution in [3.8, 4) is 0 Å². The topological polar surface area (TPSA) is 216 Å². The minimum Gasteiger partial charge on any atom is -0.756 e. The highest BCUT2D eigenvalue weighted by molar-refractivity contribution is 7.43. The zero-order chi connectivity index (χ0) is 15.8. The molecule has 0 rings (SSSR count). The van der Waals surface area contributed by atoms with Gasteiger partial charge in [-0.25, -0.2) is 0 Å². The fourth-order valence-corrected chi connectivity index (χ4v) is 0. The smallest absolute Gasteiger partial charge is 0.262 e. The first-order valence-corrected chi connectivity index (χ1v) is 8.01. The highest BCUT2D eigenvalue weighted by atomic mass is 31.2. The zero-order valence-electron chi connectivity index (χ0n) is 10.6. The second-order valence-corrected chi connectivity index (χ2v) is 4.65. The van der Waals surface area contributed by atoms with Crippen LogP contribution in [0.15, 0.2) is 0 Å². The van der Waals surface area contributed by atoms with Crippen molar-refractivity contribution in [1.82, 2.24) is 0 Å². The van der Waals surface area contributed by atoms with Gasteiger partial charge in [-0.05, 0) is 12.8 Å². The average molecular weight is 314 g/mol. The van der Waals surface area contributed by atoms with Crippen LogP contribution in [-0.4, -0.2) is 32.7 Å². The van der Waals surface area contributed by atoms with Crippen LogP contribution in [0.3, 0.4) is 0 Å². The molecule has 0 spiro atoms. The molecule has 18 heavy (non-hydrogen) atoms. The van der Waals surface area contributed by atoms with Crippen molar-refractivity contribution < 1.29 is 50.0 Å². The largest absolute Gasteiger partial charge is 0.756 e. The second-order valence-electron chi connectivity index (χ2n) is 2.69. The van der Waals surface area contributed by atoms with Gasteiger partial charge in [-0.1, -0.05) is 13.8 Å². The molecule has 0 bridgehead atoms. The van der Waals surface area contributed by atoms with Gasteiger partial charge < -0.3 is 40.8 Å². The Morgan fingerprint density at radius 3 is 0.889 bits per heavy atom. The van der Waals surface area contributed by atoms with Gasteiger partial charge in [0.1, 0.15) is 0 Å². The molecule has 0 saturated carbocycles. The molecule has 0 aromatic rings. The van der Waals surface area contributed by atoms with Crippen LogP contribution in [0.25, 0.3) is 0 Å². The van der Waals surface area contributed by atoms with E-state index < -0.39 is 15.6 Å². The van der Waals surface area contributed by atoms with Gasteiger partial charge in [0.2, 0.25) is 0 Å². The Bertz CT molecular complexity index is 183. The maximum absolute atomic E-state index is 8.77. The van der Waals surface area contributed by atoms with Crippen LogP contribution in [0.1, 0.15) is 26.7 Å². The second kappa shape index (κ2) is 17.1. The summed E-state index contributed by atoms with van der Waals surface area (Å²) < 4.78 is 17.5. The predicted octanol–water partition coefficient (Wildman–Crippen LogP) is -3.84. The Hall–Kier alpha value is 0.140. The normalized spacial score (nSPS) is 9.89. The highest BCUT2D eigenvalue weighted by Crippen LogP contribution is 2.19. The van der Waals surface area contributed by atoms with E-state index in [2.05, 4.69) is 25.3 Å². The standard InChI is InChI=1S/2C3H9N.2H3O4P/c2*1-2-3-4;2*1-5(2,3)4/h2*2-4H2,1H3;2*(H3,1,2,3,4). The van der Waals surface area contributed by atoms with E-state index in [1.165, 1.54) is 12.8 Å². The maximum Gasteiger partial charge on any atom is 0.262 e. The lowest BCUT2D eigenvalue weighted by Gasteiger charge is -2.01. The van der Waals surface area contributed by atoms with Crippen molar-refractivity contribution in [1.29, 1.82) is 0 Å². The SMILES string of the molecule is CCC[NH3+].CCC[NH3+].O=P([O-])(O)O.O=P([O-])(O)O. The molecule has 0 heterocycles. The van der Waals surface area contributed by atoms with Crippen molar-refractivity contribution >= 4 is 15.6 Å². The molecule has 0 aliphatic heterocycles. The fraction of sp³-hybridized carbons (Fsp3) is 1.00. The van der Waals surface area contributed by atoms with Crippen LogP contribution in [0.4, 0.5) is 0 Å². The summed E-state index contributed by atoms with van der Waals surface area (Å²) in [6, 6.07) is 0. The summed E-state index contributed by atoms with van der Waals surface area (Å²) in [5.41, 5.74) is 7.21. The summed E-state index contributed by atoms with van der Waals surface area (Å²) >= 11 is 0. The van der Waals surface area contributed by atoms with Crippen LogP contribution in [0.5, 0.6) is 0 Å².